The third kappa shape index (κ3) is 3.59. The van der Waals surface area contributed by atoms with Crippen LogP contribution in [0.2, 0.25) is 0 Å². The molecule has 0 fully saturated rings. The maximum Gasteiger partial charge on any atom is 0.339 e. The number of nitrogens with zero attached hydrogens (tertiary/aromatic N) is 2. The fraction of sp³-hybridized carbons (Fsp3) is 0.217. The van der Waals surface area contributed by atoms with E-state index in [9.17, 15) is 14.4 Å². The minimum absolute atomic E-state index is 0.240. The number of thiophene rings is 1. The van der Waals surface area contributed by atoms with Gasteiger partial charge < -0.3 is 10.1 Å². The number of anilines is 1. The number of para-hydroxylation sites is 1. The largest absolute Gasteiger partial charge is 0.465 e. The summed E-state index contributed by atoms with van der Waals surface area (Å²) in [6.45, 7) is 3.65. The fourth-order valence-electron chi connectivity index (χ4n) is 3.66. The lowest BCUT2D eigenvalue weighted by atomic mass is 10.1. The van der Waals surface area contributed by atoms with Gasteiger partial charge in [-0.2, -0.15) is 5.10 Å². The van der Waals surface area contributed by atoms with Crippen LogP contribution in [-0.2, 0) is 9.53 Å². The molecule has 2 aromatic carbocycles. The summed E-state index contributed by atoms with van der Waals surface area (Å²) in [5.41, 5.74) is 0.951. The molecule has 2 heterocycles. The molecule has 4 aromatic rings. The van der Waals surface area contributed by atoms with Crippen LogP contribution < -0.4 is 10.9 Å². The molecule has 0 saturated heterocycles. The van der Waals surface area contributed by atoms with Crippen LogP contribution in [0, 0.1) is 6.92 Å². The molecule has 0 radical (unpaired) electrons. The molecular formula is C23H21N3O4S. The van der Waals surface area contributed by atoms with Crippen LogP contribution in [0.15, 0.2) is 53.3 Å². The molecule has 8 heteroatoms. The molecule has 0 unspecified atom stereocenters. The van der Waals surface area contributed by atoms with E-state index in [0.717, 1.165) is 14.8 Å². The smallest absolute Gasteiger partial charge is 0.339 e. The zero-order chi connectivity index (χ0) is 22.1. The van der Waals surface area contributed by atoms with Crippen molar-refractivity contribution in [1.29, 1.82) is 0 Å². The monoisotopic (exact) mass is 435 g/mol. The molecule has 0 aliphatic rings. The first-order valence-electron chi connectivity index (χ1n) is 9.85. The standard InChI is InChI=1S/C23H21N3O4S/c1-4-17(21(27)24-16-11-7-5-9-14(16)23(29)30-3)26-22(28)19-15-10-6-8-12-18(15)31-20(19)13(2)25-26/h5-12,17H,4H2,1-3H3,(H,24,27)/t17-/m0/s1. The first-order chi connectivity index (χ1) is 15.0. The van der Waals surface area contributed by atoms with Crippen molar-refractivity contribution in [2.24, 2.45) is 0 Å². The van der Waals surface area contributed by atoms with E-state index in [-0.39, 0.29) is 11.1 Å². The van der Waals surface area contributed by atoms with Crippen LogP contribution in [0.25, 0.3) is 20.2 Å². The van der Waals surface area contributed by atoms with E-state index in [1.165, 1.54) is 23.1 Å². The first kappa shape index (κ1) is 20.7. The Balaban J connectivity index is 1.79. The molecule has 0 spiro atoms. The molecule has 158 valence electrons. The van der Waals surface area contributed by atoms with Gasteiger partial charge in [-0.3, -0.25) is 9.59 Å². The van der Waals surface area contributed by atoms with Crippen molar-refractivity contribution < 1.29 is 14.3 Å². The lowest BCUT2D eigenvalue weighted by Crippen LogP contribution is -2.35. The summed E-state index contributed by atoms with van der Waals surface area (Å²) in [5.74, 6) is -0.979. The molecule has 4 rings (SSSR count). The van der Waals surface area contributed by atoms with Gasteiger partial charge in [-0.1, -0.05) is 37.3 Å². The second-order valence-corrected chi connectivity index (χ2v) is 8.14. The van der Waals surface area contributed by atoms with Crippen LogP contribution in [-0.4, -0.2) is 28.8 Å². The number of aryl methyl sites for hydroxylation is 1. The third-order valence-corrected chi connectivity index (χ3v) is 6.46. The van der Waals surface area contributed by atoms with Gasteiger partial charge in [0.25, 0.3) is 5.56 Å². The Kier molecular flexibility index (Phi) is 5.56. The van der Waals surface area contributed by atoms with Gasteiger partial charge in [0.15, 0.2) is 0 Å². The highest BCUT2D eigenvalue weighted by atomic mass is 32.1. The molecule has 31 heavy (non-hydrogen) atoms. The summed E-state index contributed by atoms with van der Waals surface area (Å²) in [7, 11) is 1.28. The highest BCUT2D eigenvalue weighted by Gasteiger charge is 2.25. The predicted molar refractivity (Wildman–Crippen MR) is 122 cm³/mol. The number of aromatic nitrogens is 2. The Bertz CT molecular complexity index is 1370. The van der Waals surface area contributed by atoms with Crippen molar-refractivity contribution in [3.63, 3.8) is 0 Å². The number of amides is 1. The highest BCUT2D eigenvalue weighted by molar-refractivity contribution is 7.26. The number of fused-ring (bicyclic) bond motifs is 3. The van der Waals surface area contributed by atoms with E-state index in [1.54, 1.807) is 24.3 Å². The Morgan fingerprint density at radius 2 is 1.87 bits per heavy atom. The molecule has 0 bridgehead atoms. The Morgan fingerprint density at radius 1 is 1.16 bits per heavy atom. The molecule has 1 atom stereocenters. The SMILES string of the molecule is CC[C@@H](C(=O)Nc1ccccc1C(=O)OC)n1nc(C)c2sc3ccccc3c2c1=O. The summed E-state index contributed by atoms with van der Waals surface area (Å²) in [6, 6.07) is 13.4. The first-order valence-corrected chi connectivity index (χ1v) is 10.7. The number of hydrogen-bond acceptors (Lipinski definition) is 6. The molecule has 2 aromatic heterocycles. The summed E-state index contributed by atoms with van der Waals surface area (Å²) in [6.07, 6.45) is 0.353. The Labute approximate surface area is 182 Å². The van der Waals surface area contributed by atoms with Gasteiger partial charge >= 0.3 is 5.97 Å². The van der Waals surface area contributed by atoms with Gasteiger partial charge in [-0.15, -0.1) is 11.3 Å². The molecule has 0 aliphatic carbocycles. The topological polar surface area (TPSA) is 90.3 Å². The number of esters is 1. The van der Waals surface area contributed by atoms with E-state index >= 15 is 0 Å². The van der Waals surface area contributed by atoms with Crippen molar-refractivity contribution in [1.82, 2.24) is 9.78 Å². The van der Waals surface area contributed by atoms with Gasteiger partial charge in [0.2, 0.25) is 5.91 Å². The minimum atomic E-state index is -0.833. The minimum Gasteiger partial charge on any atom is -0.465 e. The molecule has 0 aliphatic heterocycles. The van der Waals surface area contributed by atoms with Gasteiger partial charge in [0, 0.05) is 10.1 Å². The number of benzene rings is 2. The van der Waals surface area contributed by atoms with Crippen molar-refractivity contribution >= 4 is 49.1 Å². The van der Waals surface area contributed by atoms with E-state index in [1.807, 2.05) is 38.1 Å². The summed E-state index contributed by atoms with van der Waals surface area (Å²) >= 11 is 1.52. The number of hydrogen-bond donors (Lipinski definition) is 1. The Hall–Kier alpha value is -3.52. The molecule has 1 amide bonds. The molecule has 0 saturated carbocycles. The number of ether oxygens (including phenoxy) is 1. The van der Waals surface area contributed by atoms with Crippen molar-refractivity contribution in [3.05, 3.63) is 70.1 Å². The van der Waals surface area contributed by atoms with Crippen LogP contribution in [0.1, 0.15) is 35.4 Å². The number of carbonyl (C=O) groups is 2. The lowest BCUT2D eigenvalue weighted by Gasteiger charge is -2.18. The van der Waals surface area contributed by atoms with E-state index in [4.69, 9.17) is 4.74 Å². The maximum atomic E-state index is 13.4. The van der Waals surface area contributed by atoms with Gasteiger partial charge in [0.1, 0.15) is 6.04 Å². The summed E-state index contributed by atoms with van der Waals surface area (Å²) in [4.78, 5) is 38.6. The second kappa shape index (κ2) is 8.31. The summed E-state index contributed by atoms with van der Waals surface area (Å²) in [5, 5.41) is 8.67. The average molecular weight is 436 g/mol. The van der Waals surface area contributed by atoms with E-state index < -0.39 is 17.9 Å². The van der Waals surface area contributed by atoms with Gasteiger partial charge in [-0.05, 0) is 31.5 Å². The number of methoxy groups -OCH3 is 1. The van der Waals surface area contributed by atoms with Crippen molar-refractivity contribution in [2.75, 3.05) is 12.4 Å². The number of carbonyl (C=O) groups excluding carboxylic acids is 2. The molecule has 7 nitrogen and oxygen atoms in total. The zero-order valence-corrected chi connectivity index (χ0v) is 18.2. The van der Waals surface area contributed by atoms with Crippen LogP contribution in [0.4, 0.5) is 5.69 Å². The summed E-state index contributed by atoms with van der Waals surface area (Å²) < 4.78 is 7.87. The molecule has 1 N–H and O–H groups in total. The van der Waals surface area contributed by atoms with Crippen LogP contribution >= 0.6 is 11.3 Å². The highest BCUT2D eigenvalue weighted by Crippen LogP contribution is 2.33. The third-order valence-electron chi connectivity index (χ3n) is 5.18. The zero-order valence-electron chi connectivity index (χ0n) is 17.3. The average Bonchev–Trinajstić information content (AvgIpc) is 3.18. The predicted octanol–water partition coefficient (Wildman–Crippen LogP) is 4.30. The molecular weight excluding hydrogens is 414 g/mol. The van der Waals surface area contributed by atoms with Crippen molar-refractivity contribution in [2.45, 2.75) is 26.3 Å². The quantitative estimate of drug-likeness (QED) is 0.472. The van der Waals surface area contributed by atoms with Crippen molar-refractivity contribution in [3.8, 4) is 0 Å². The second-order valence-electron chi connectivity index (χ2n) is 7.09. The van der Waals surface area contributed by atoms with E-state index in [2.05, 4.69) is 10.4 Å². The maximum absolute atomic E-state index is 13.4. The fourth-order valence-corrected chi connectivity index (χ4v) is 4.79. The van der Waals surface area contributed by atoms with Gasteiger partial charge in [0.05, 0.1) is 34.1 Å². The number of nitrogens with one attached hydrogen (secondary N) is 1. The lowest BCUT2D eigenvalue weighted by molar-refractivity contribution is -0.119. The van der Waals surface area contributed by atoms with Crippen LogP contribution in [0.5, 0.6) is 0 Å². The van der Waals surface area contributed by atoms with E-state index in [0.29, 0.717) is 23.2 Å². The van der Waals surface area contributed by atoms with Gasteiger partial charge in [-0.25, -0.2) is 9.48 Å². The Morgan fingerprint density at radius 3 is 2.61 bits per heavy atom. The normalized spacial score (nSPS) is 12.1. The van der Waals surface area contributed by atoms with Crippen LogP contribution in [0.3, 0.4) is 0 Å². The number of rotatable bonds is 5.